The first kappa shape index (κ1) is 32.1. The zero-order valence-corrected chi connectivity index (χ0v) is 28.7. The van der Waals surface area contributed by atoms with Crippen LogP contribution in [0.4, 0.5) is 15.0 Å². The zero-order chi connectivity index (χ0) is 33.8. The molecular formula is C37H41ClFN7O4. The number of ether oxygens (including phenoxy) is 3. The first-order chi connectivity index (χ1) is 24.5. The number of amides is 1. The molecule has 2 aromatic carbocycles. The van der Waals surface area contributed by atoms with Crippen LogP contribution in [0, 0.1) is 5.82 Å². The maximum atomic E-state index is 16.9. The second-order valence-corrected chi connectivity index (χ2v) is 14.8. The Hall–Kier alpha value is -3.84. The third-order valence-electron chi connectivity index (χ3n) is 11.4. The summed E-state index contributed by atoms with van der Waals surface area (Å²) in [6.45, 7) is 5.37. The molecule has 50 heavy (non-hydrogen) atoms. The van der Waals surface area contributed by atoms with Gasteiger partial charge in [-0.25, -0.2) is 9.18 Å². The molecule has 1 N–H and O–H groups in total. The van der Waals surface area contributed by atoms with Gasteiger partial charge in [-0.1, -0.05) is 41.9 Å². The summed E-state index contributed by atoms with van der Waals surface area (Å²) in [5, 5.41) is 6.44. The standard InChI is InChI=1S/C37H41ClFN7O4/c38-29-7-2-5-23-4-1-6-27(30(23)29)32-31(39)33-28(18-40-32)34(45-19-24-8-9-25(20-45)41-24)43-35(42-33)50-22-37-11-3-13-46(37)26(10-12-37)21-49-36(47)44-14-16-48-17-15-44/h1-2,4-7,18,24-26,41H,3,8-17,19-22H2/t24?,25?,26-,37-/m1/s1. The Balaban J connectivity index is 1.02. The quantitative estimate of drug-likeness (QED) is 0.269. The number of aromatic nitrogens is 3. The van der Waals surface area contributed by atoms with Crippen molar-refractivity contribution in [2.75, 3.05) is 64.1 Å². The van der Waals surface area contributed by atoms with Crippen molar-refractivity contribution in [2.45, 2.75) is 62.2 Å². The van der Waals surface area contributed by atoms with E-state index in [1.54, 1.807) is 11.1 Å². The smallest absolute Gasteiger partial charge is 0.409 e. The zero-order valence-electron chi connectivity index (χ0n) is 28.0. The van der Waals surface area contributed by atoms with Crippen molar-refractivity contribution in [1.82, 2.24) is 30.1 Å². The fourth-order valence-electron chi connectivity index (χ4n) is 8.97. The number of morpholine rings is 1. The van der Waals surface area contributed by atoms with E-state index in [1.165, 1.54) is 0 Å². The molecular weight excluding hydrogens is 661 g/mol. The molecule has 13 heteroatoms. The molecule has 4 atom stereocenters. The van der Waals surface area contributed by atoms with Gasteiger partial charge in [0, 0.05) is 66.5 Å². The summed E-state index contributed by atoms with van der Waals surface area (Å²) in [7, 11) is 0. The van der Waals surface area contributed by atoms with Gasteiger partial charge < -0.3 is 29.3 Å². The van der Waals surface area contributed by atoms with Crippen molar-refractivity contribution < 1.29 is 23.4 Å². The first-order valence-electron chi connectivity index (χ1n) is 17.9. The average molecular weight is 702 g/mol. The van der Waals surface area contributed by atoms with Crippen LogP contribution < -0.4 is 15.0 Å². The lowest BCUT2D eigenvalue weighted by Gasteiger charge is -2.35. The molecule has 9 rings (SSSR count). The molecule has 2 bridgehead atoms. The largest absolute Gasteiger partial charge is 0.461 e. The molecule has 0 saturated carbocycles. The summed E-state index contributed by atoms with van der Waals surface area (Å²) < 4.78 is 34.5. The number of carbonyl (C=O) groups is 1. The first-order valence-corrected chi connectivity index (χ1v) is 18.3. The van der Waals surface area contributed by atoms with Crippen LogP contribution in [0.15, 0.2) is 42.6 Å². The van der Waals surface area contributed by atoms with Crippen molar-refractivity contribution in [3.63, 3.8) is 0 Å². The number of halogens is 2. The molecule has 5 saturated heterocycles. The van der Waals surface area contributed by atoms with Gasteiger partial charge in [0.1, 0.15) is 30.2 Å². The summed E-state index contributed by atoms with van der Waals surface area (Å²) in [6.07, 6.45) is 7.45. The Kier molecular flexibility index (Phi) is 8.37. The van der Waals surface area contributed by atoms with E-state index < -0.39 is 5.82 Å². The van der Waals surface area contributed by atoms with Gasteiger partial charge in [0.15, 0.2) is 5.82 Å². The van der Waals surface area contributed by atoms with Gasteiger partial charge >= 0.3 is 12.1 Å². The number of nitrogens with zero attached hydrogens (tertiary/aromatic N) is 6. The van der Waals surface area contributed by atoms with Crippen LogP contribution in [0.25, 0.3) is 32.9 Å². The van der Waals surface area contributed by atoms with E-state index in [4.69, 9.17) is 35.8 Å². The Labute approximate surface area is 295 Å². The van der Waals surface area contributed by atoms with Crippen LogP contribution in [-0.4, -0.2) is 114 Å². The molecule has 1 amide bonds. The second kappa shape index (κ2) is 13.0. The number of anilines is 1. The molecule has 5 aliphatic rings. The summed E-state index contributed by atoms with van der Waals surface area (Å²) in [6, 6.07) is 12.4. The minimum Gasteiger partial charge on any atom is -0.461 e. The van der Waals surface area contributed by atoms with Gasteiger partial charge in [-0.15, -0.1) is 0 Å². The number of hydrogen-bond donors (Lipinski definition) is 1. The highest BCUT2D eigenvalue weighted by Gasteiger charge is 2.50. The van der Waals surface area contributed by atoms with E-state index in [2.05, 4.69) is 20.1 Å². The molecule has 0 radical (unpaired) electrons. The van der Waals surface area contributed by atoms with Crippen molar-refractivity contribution in [3.8, 4) is 17.3 Å². The van der Waals surface area contributed by atoms with Crippen molar-refractivity contribution in [3.05, 3.63) is 53.4 Å². The second-order valence-electron chi connectivity index (χ2n) is 14.4. The third-order valence-corrected chi connectivity index (χ3v) is 11.8. The van der Waals surface area contributed by atoms with Crippen LogP contribution in [0.1, 0.15) is 38.5 Å². The van der Waals surface area contributed by atoms with Gasteiger partial charge in [-0.05, 0) is 56.5 Å². The number of nitrogens with one attached hydrogen (secondary N) is 1. The van der Waals surface area contributed by atoms with Crippen LogP contribution >= 0.6 is 11.6 Å². The number of benzene rings is 2. The molecule has 5 aliphatic heterocycles. The summed E-state index contributed by atoms with van der Waals surface area (Å²) in [5.74, 6) is 0.127. The maximum absolute atomic E-state index is 16.9. The van der Waals surface area contributed by atoms with E-state index in [-0.39, 0.29) is 34.9 Å². The number of fused-ring (bicyclic) bond motifs is 5. The highest BCUT2D eigenvalue weighted by atomic mass is 35.5. The Morgan fingerprint density at radius 1 is 1.04 bits per heavy atom. The van der Waals surface area contributed by atoms with Gasteiger partial charge in [0.25, 0.3) is 0 Å². The molecule has 0 spiro atoms. The van der Waals surface area contributed by atoms with Crippen LogP contribution in [0.3, 0.4) is 0 Å². The summed E-state index contributed by atoms with van der Waals surface area (Å²) in [5.41, 5.74) is 0.773. The van der Waals surface area contributed by atoms with Crippen LogP contribution in [-0.2, 0) is 9.47 Å². The van der Waals surface area contributed by atoms with Gasteiger partial charge in [0.2, 0.25) is 0 Å². The highest BCUT2D eigenvalue weighted by molar-refractivity contribution is 6.36. The molecule has 4 aromatic rings. The summed E-state index contributed by atoms with van der Waals surface area (Å²) >= 11 is 6.65. The molecule has 7 heterocycles. The minimum absolute atomic E-state index is 0.120. The molecule has 11 nitrogen and oxygen atoms in total. The molecule has 2 unspecified atom stereocenters. The molecule has 5 fully saturated rings. The highest BCUT2D eigenvalue weighted by Crippen LogP contribution is 2.43. The Bertz CT molecular complexity index is 1930. The monoisotopic (exact) mass is 701 g/mol. The number of hydrogen-bond acceptors (Lipinski definition) is 10. The van der Waals surface area contributed by atoms with E-state index in [0.29, 0.717) is 73.4 Å². The molecule has 0 aliphatic carbocycles. The van der Waals surface area contributed by atoms with Crippen molar-refractivity contribution in [1.29, 1.82) is 0 Å². The molecule has 2 aromatic heterocycles. The van der Waals surface area contributed by atoms with Gasteiger partial charge in [-0.2, -0.15) is 9.97 Å². The van der Waals surface area contributed by atoms with E-state index >= 15 is 4.39 Å². The Morgan fingerprint density at radius 3 is 2.66 bits per heavy atom. The van der Waals surface area contributed by atoms with Crippen LogP contribution in [0.5, 0.6) is 6.01 Å². The van der Waals surface area contributed by atoms with Crippen LogP contribution in [0.2, 0.25) is 5.02 Å². The third kappa shape index (κ3) is 5.70. The van der Waals surface area contributed by atoms with Gasteiger partial charge in [-0.3, -0.25) is 9.88 Å². The lowest BCUT2D eigenvalue weighted by atomic mass is 9.95. The fourth-order valence-corrected chi connectivity index (χ4v) is 9.25. The minimum atomic E-state index is -0.523. The Morgan fingerprint density at radius 2 is 1.84 bits per heavy atom. The number of rotatable bonds is 7. The summed E-state index contributed by atoms with van der Waals surface area (Å²) in [4.78, 5) is 33.5. The average Bonchev–Trinajstić information content (AvgIpc) is 3.82. The topological polar surface area (TPSA) is 105 Å². The molecule has 262 valence electrons. The maximum Gasteiger partial charge on any atom is 0.409 e. The van der Waals surface area contributed by atoms with E-state index in [0.717, 1.165) is 68.9 Å². The van der Waals surface area contributed by atoms with Crippen molar-refractivity contribution in [2.24, 2.45) is 0 Å². The lowest BCUT2D eigenvalue weighted by molar-refractivity contribution is 0.0138. The SMILES string of the molecule is O=C(OC[C@H]1CC[C@@]2(COc3nc(N4CC5CCC(C4)N5)c4cnc(-c5cccc6cccc(Cl)c56)c(F)c4n3)CCCN12)N1CCOCC1. The number of pyridine rings is 1. The van der Waals surface area contributed by atoms with Crippen molar-refractivity contribution >= 4 is 45.2 Å². The number of carbonyl (C=O) groups excluding carboxylic acids is 1. The number of piperazine rings is 1. The fraction of sp³-hybridized carbons (Fsp3) is 0.514. The van der Waals surface area contributed by atoms with Gasteiger partial charge in [0.05, 0.1) is 24.1 Å². The normalized spacial score (nSPS) is 26.6. The predicted molar refractivity (Wildman–Crippen MR) is 188 cm³/mol. The van der Waals surface area contributed by atoms with E-state index in [1.807, 2.05) is 36.4 Å². The predicted octanol–water partition coefficient (Wildman–Crippen LogP) is 5.42. The lowest BCUT2D eigenvalue weighted by Crippen LogP contribution is -2.51. The van der Waals surface area contributed by atoms with E-state index in [9.17, 15) is 4.79 Å².